The highest BCUT2D eigenvalue weighted by Gasteiger charge is 2.42. The molecular formula is C13H21NO4. The first-order valence-corrected chi connectivity index (χ1v) is 6.55. The third-order valence-corrected chi connectivity index (χ3v) is 4.21. The van der Waals surface area contributed by atoms with Crippen LogP contribution in [0.3, 0.4) is 0 Å². The van der Waals surface area contributed by atoms with Crippen molar-refractivity contribution in [3.8, 4) is 0 Å². The summed E-state index contributed by atoms with van der Waals surface area (Å²) in [5.41, 5.74) is 0.0358. The summed E-state index contributed by atoms with van der Waals surface area (Å²) in [6.45, 7) is 5.25. The molecule has 102 valence electrons. The van der Waals surface area contributed by atoms with Gasteiger partial charge in [-0.05, 0) is 18.3 Å². The Balaban J connectivity index is 2.03. The first-order valence-electron chi connectivity index (χ1n) is 6.55. The van der Waals surface area contributed by atoms with Gasteiger partial charge in [0, 0.05) is 12.5 Å². The van der Waals surface area contributed by atoms with Crippen molar-refractivity contribution in [3.63, 3.8) is 0 Å². The van der Waals surface area contributed by atoms with E-state index < -0.39 is 12.1 Å². The maximum atomic E-state index is 12.5. The highest BCUT2D eigenvalue weighted by atomic mass is 16.5. The lowest BCUT2D eigenvalue weighted by Gasteiger charge is -2.36. The normalized spacial score (nSPS) is 31.3. The average Bonchev–Trinajstić information content (AvgIpc) is 2.68. The summed E-state index contributed by atoms with van der Waals surface area (Å²) in [6, 6.07) is 0. The number of carboxylic acids is 1. The second-order valence-electron chi connectivity index (χ2n) is 5.92. The summed E-state index contributed by atoms with van der Waals surface area (Å²) in [5, 5.41) is 8.94. The fraction of sp³-hybridized carbons (Fsp3) is 0.846. The molecule has 0 aromatic rings. The van der Waals surface area contributed by atoms with Crippen LogP contribution < -0.4 is 0 Å². The molecule has 0 spiro atoms. The highest BCUT2D eigenvalue weighted by Crippen LogP contribution is 2.43. The molecule has 1 N–H and O–H groups in total. The number of carbonyl (C=O) groups is 2. The lowest BCUT2D eigenvalue weighted by molar-refractivity contribution is -0.161. The van der Waals surface area contributed by atoms with Crippen molar-refractivity contribution in [2.75, 3.05) is 19.7 Å². The third-order valence-electron chi connectivity index (χ3n) is 4.21. The van der Waals surface area contributed by atoms with E-state index in [-0.39, 0.29) is 23.8 Å². The number of aliphatic carboxylic acids is 1. The number of morpholine rings is 1. The minimum Gasteiger partial charge on any atom is -0.479 e. The van der Waals surface area contributed by atoms with Gasteiger partial charge in [-0.25, -0.2) is 4.79 Å². The van der Waals surface area contributed by atoms with E-state index in [9.17, 15) is 9.59 Å². The molecular weight excluding hydrogens is 234 g/mol. The van der Waals surface area contributed by atoms with E-state index in [1.807, 2.05) is 0 Å². The fourth-order valence-corrected chi connectivity index (χ4v) is 3.00. The number of hydrogen-bond acceptors (Lipinski definition) is 3. The molecule has 2 aliphatic rings. The zero-order chi connectivity index (χ0) is 13.3. The Morgan fingerprint density at radius 1 is 1.39 bits per heavy atom. The Morgan fingerprint density at radius 2 is 2.11 bits per heavy atom. The van der Waals surface area contributed by atoms with Crippen LogP contribution >= 0.6 is 0 Å². The molecule has 2 fully saturated rings. The van der Waals surface area contributed by atoms with Crippen LogP contribution in [0.4, 0.5) is 0 Å². The monoisotopic (exact) mass is 255 g/mol. The van der Waals surface area contributed by atoms with Crippen molar-refractivity contribution in [2.45, 2.75) is 39.2 Å². The van der Waals surface area contributed by atoms with Crippen molar-refractivity contribution >= 4 is 11.9 Å². The van der Waals surface area contributed by atoms with Crippen LogP contribution in [0, 0.1) is 11.3 Å². The minimum atomic E-state index is -0.988. The summed E-state index contributed by atoms with van der Waals surface area (Å²) in [4.78, 5) is 25.0. The lowest BCUT2D eigenvalue weighted by atomic mass is 9.81. The van der Waals surface area contributed by atoms with Gasteiger partial charge in [0.1, 0.15) is 0 Å². The van der Waals surface area contributed by atoms with Gasteiger partial charge in [-0.15, -0.1) is 0 Å². The number of hydrogen-bond donors (Lipinski definition) is 1. The number of carbonyl (C=O) groups excluding carboxylic acids is 1. The summed E-state index contributed by atoms with van der Waals surface area (Å²) < 4.78 is 5.14. The van der Waals surface area contributed by atoms with Crippen LogP contribution in [0.2, 0.25) is 0 Å². The summed E-state index contributed by atoms with van der Waals surface area (Å²) in [5.74, 6) is -0.852. The molecule has 2 rings (SSSR count). The van der Waals surface area contributed by atoms with Gasteiger partial charge in [-0.1, -0.05) is 20.3 Å². The molecule has 1 aliphatic carbocycles. The maximum Gasteiger partial charge on any atom is 0.334 e. The Labute approximate surface area is 107 Å². The van der Waals surface area contributed by atoms with Gasteiger partial charge in [0.25, 0.3) is 0 Å². The van der Waals surface area contributed by atoms with Crippen molar-refractivity contribution in [1.82, 2.24) is 4.90 Å². The van der Waals surface area contributed by atoms with Gasteiger partial charge in [0.05, 0.1) is 13.2 Å². The first kappa shape index (κ1) is 13.3. The van der Waals surface area contributed by atoms with Crippen LogP contribution in [0.5, 0.6) is 0 Å². The smallest absolute Gasteiger partial charge is 0.334 e. The number of rotatable bonds is 2. The van der Waals surface area contributed by atoms with Crippen LogP contribution in [0.15, 0.2) is 0 Å². The molecule has 1 aliphatic heterocycles. The van der Waals surface area contributed by atoms with Gasteiger partial charge in [-0.3, -0.25) is 4.79 Å². The zero-order valence-electron chi connectivity index (χ0n) is 11.0. The van der Waals surface area contributed by atoms with Crippen LogP contribution in [-0.2, 0) is 14.3 Å². The molecule has 1 amide bonds. The molecule has 18 heavy (non-hydrogen) atoms. The molecule has 0 radical (unpaired) electrons. The van der Waals surface area contributed by atoms with E-state index in [2.05, 4.69) is 13.8 Å². The number of ether oxygens (including phenoxy) is 1. The molecule has 0 aromatic heterocycles. The maximum absolute atomic E-state index is 12.5. The molecule has 1 heterocycles. The standard InChI is InChI=1S/C13H21NO4/c1-13(2)5-3-4-9(13)11(15)14-6-7-18-10(8-14)12(16)17/h9-10H,3-8H2,1-2H3,(H,16,17). The SMILES string of the molecule is CC1(C)CCCC1C(=O)N1CCOC(C(=O)O)C1. The van der Waals surface area contributed by atoms with E-state index in [0.29, 0.717) is 13.2 Å². The quantitative estimate of drug-likeness (QED) is 0.803. The highest BCUT2D eigenvalue weighted by molar-refractivity contribution is 5.81. The second-order valence-corrected chi connectivity index (χ2v) is 5.92. The van der Waals surface area contributed by atoms with Gasteiger partial charge in [0.15, 0.2) is 6.10 Å². The topological polar surface area (TPSA) is 66.8 Å². The summed E-state index contributed by atoms with van der Waals surface area (Å²) in [6.07, 6.45) is 2.19. The minimum absolute atomic E-state index is 0.0324. The predicted molar refractivity (Wildman–Crippen MR) is 65.1 cm³/mol. The molecule has 0 aromatic carbocycles. The van der Waals surface area contributed by atoms with Gasteiger partial charge < -0.3 is 14.7 Å². The second kappa shape index (κ2) is 4.88. The molecule has 2 unspecified atom stereocenters. The van der Waals surface area contributed by atoms with Crippen LogP contribution in [0.25, 0.3) is 0 Å². The van der Waals surface area contributed by atoms with Crippen molar-refractivity contribution < 1.29 is 19.4 Å². The van der Waals surface area contributed by atoms with Gasteiger partial charge >= 0.3 is 5.97 Å². The Bertz CT molecular complexity index is 353. The van der Waals surface area contributed by atoms with Crippen molar-refractivity contribution in [3.05, 3.63) is 0 Å². The van der Waals surface area contributed by atoms with E-state index in [1.165, 1.54) is 0 Å². The van der Waals surface area contributed by atoms with Crippen LogP contribution in [-0.4, -0.2) is 47.7 Å². The van der Waals surface area contributed by atoms with E-state index in [1.54, 1.807) is 4.90 Å². The Kier molecular flexibility index (Phi) is 3.61. The summed E-state index contributed by atoms with van der Waals surface area (Å²) in [7, 11) is 0. The van der Waals surface area contributed by atoms with Crippen molar-refractivity contribution in [1.29, 1.82) is 0 Å². The molecule has 1 saturated carbocycles. The zero-order valence-corrected chi connectivity index (χ0v) is 11.0. The van der Waals surface area contributed by atoms with Crippen molar-refractivity contribution in [2.24, 2.45) is 11.3 Å². The number of amides is 1. The summed E-state index contributed by atoms with van der Waals surface area (Å²) >= 11 is 0. The molecule has 5 nitrogen and oxygen atoms in total. The van der Waals surface area contributed by atoms with E-state index in [0.717, 1.165) is 19.3 Å². The molecule has 5 heteroatoms. The number of nitrogens with zero attached hydrogens (tertiary/aromatic N) is 1. The average molecular weight is 255 g/mol. The largest absolute Gasteiger partial charge is 0.479 e. The van der Waals surface area contributed by atoms with E-state index >= 15 is 0 Å². The first-order chi connectivity index (χ1) is 8.42. The molecule has 1 saturated heterocycles. The Hall–Kier alpha value is -1.10. The predicted octanol–water partition coefficient (Wildman–Crippen LogP) is 1.12. The number of carboxylic acid groups (broad SMARTS) is 1. The lowest BCUT2D eigenvalue weighted by Crippen LogP contribution is -2.51. The van der Waals surface area contributed by atoms with Crippen LogP contribution in [0.1, 0.15) is 33.1 Å². The Morgan fingerprint density at radius 3 is 2.67 bits per heavy atom. The molecule has 0 bridgehead atoms. The van der Waals surface area contributed by atoms with E-state index in [4.69, 9.17) is 9.84 Å². The fourth-order valence-electron chi connectivity index (χ4n) is 3.00. The molecule has 2 atom stereocenters. The van der Waals surface area contributed by atoms with Gasteiger partial charge in [-0.2, -0.15) is 0 Å². The third kappa shape index (κ3) is 2.51. The van der Waals surface area contributed by atoms with Gasteiger partial charge in [0.2, 0.25) is 5.91 Å².